The predicted molar refractivity (Wildman–Crippen MR) is 147 cm³/mol. The lowest BCUT2D eigenvalue weighted by molar-refractivity contribution is -0.384. The van der Waals surface area contributed by atoms with Gasteiger partial charge in [0.15, 0.2) is 0 Å². The van der Waals surface area contributed by atoms with E-state index < -0.39 is 53.6 Å². The van der Waals surface area contributed by atoms with E-state index in [9.17, 15) is 42.8 Å². The molecule has 1 saturated heterocycles. The van der Waals surface area contributed by atoms with Crippen molar-refractivity contribution in [3.05, 3.63) is 70.3 Å². The number of rotatable bonds is 14. The summed E-state index contributed by atoms with van der Waals surface area (Å²) in [5.74, 6) is -0.259. The van der Waals surface area contributed by atoms with E-state index in [0.717, 1.165) is 33.5 Å². The molecule has 0 saturated carbocycles. The number of hydrogen-bond donors (Lipinski definition) is 3. The molecule has 14 nitrogen and oxygen atoms in total. The van der Waals surface area contributed by atoms with Crippen molar-refractivity contribution in [2.75, 3.05) is 26.3 Å². The Bertz CT molecular complexity index is 1330. The number of ether oxygens (including phenoxy) is 1. The van der Waals surface area contributed by atoms with Gasteiger partial charge in [0, 0.05) is 31.8 Å². The molecule has 1 fully saturated rings. The van der Waals surface area contributed by atoms with Crippen molar-refractivity contribution in [1.82, 2.24) is 9.21 Å². The lowest BCUT2D eigenvalue weighted by atomic mass is 9.97. The van der Waals surface area contributed by atoms with E-state index in [4.69, 9.17) is 9.26 Å². The van der Waals surface area contributed by atoms with Crippen LogP contribution >= 0.6 is 7.82 Å². The zero-order chi connectivity index (χ0) is 30.4. The highest BCUT2D eigenvalue weighted by Gasteiger charge is 2.42. The molecule has 1 aliphatic rings. The molecular weight excluding hydrogens is 581 g/mol. The number of nitro groups is 1. The minimum absolute atomic E-state index is 0.0403. The van der Waals surface area contributed by atoms with Crippen LogP contribution in [-0.2, 0) is 30.3 Å². The molecule has 226 valence electrons. The molecule has 16 heteroatoms. The van der Waals surface area contributed by atoms with Crippen LogP contribution in [0.3, 0.4) is 0 Å². The molecular formula is C25H34N3O11PS. The molecule has 1 aliphatic heterocycles. The van der Waals surface area contributed by atoms with Gasteiger partial charge in [0.1, 0.15) is 6.10 Å². The van der Waals surface area contributed by atoms with Gasteiger partial charge in [0.05, 0.1) is 28.5 Å². The molecule has 3 N–H and O–H groups in total. The summed E-state index contributed by atoms with van der Waals surface area (Å²) in [6.45, 7) is 3.08. The number of phosphoric acid groups is 1. The van der Waals surface area contributed by atoms with E-state index >= 15 is 0 Å². The third-order valence-electron chi connectivity index (χ3n) is 6.50. The number of amides is 1. The van der Waals surface area contributed by atoms with Gasteiger partial charge in [0.2, 0.25) is 10.0 Å². The van der Waals surface area contributed by atoms with Gasteiger partial charge in [-0.2, -0.15) is 4.31 Å². The zero-order valence-corrected chi connectivity index (χ0v) is 24.3. The van der Waals surface area contributed by atoms with Gasteiger partial charge in [-0.05, 0) is 36.5 Å². The molecule has 3 rings (SSSR count). The number of non-ortho nitro benzene ring substituents is 1. The van der Waals surface area contributed by atoms with Gasteiger partial charge in [-0.15, -0.1) is 0 Å². The van der Waals surface area contributed by atoms with Crippen molar-refractivity contribution in [3.63, 3.8) is 0 Å². The van der Waals surface area contributed by atoms with Crippen molar-refractivity contribution in [1.29, 1.82) is 0 Å². The number of carbonyl (C=O) groups is 1. The van der Waals surface area contributed by atoms with Crippen LogP contribution in [-0.4, -0.2) is 88.0 Å². The summed E-state index contributed by atoms with van der Waals surface area (Å²) < 4.78 is 51.2. The number of phosphoric ester groups is 1. The van der Waals surface area contributed by atoms with E-state index in [1.807, 2.05) is 0 Å². The highest BCUT2D eigenvalue weighted by molar-refractivity contribution is 7.89. The van der Waals surface area contributed by atoms with Crippen molar-refractivity contribution in [2.45, 2.75) is 49.8 Å². The standard InChI is InChI=1S/C25H34N3O11PS/c1-18(2)15-26(41(36,37)22-10-8-20(9-11-22)28(31)32)16-24(39-40(33,34)35)23(14-19-6-4-3-5-7-19)27(25(29)30)21-12-13-38-17-21/h3-11,18,21,23-24H,12-17H2,1-2H3,(H,29,30)(H2,33,34,35)/t21-,23-,24+/m0/s1. The lowest BCUT2D eigenvalue weighted by Gasteiger charge is -2.40. The average Bonchev–Trinajstić information content (AvgIpc) is 3.41. The third kappa shape index (κ3) is 9.04. The van der Waals surface area contributed by atoms with Gasteiger partial charge in [-0.3, -0.25) is 19.5 Å². The van der Waals surface area contributed by atoms with Gasteiger partial charge < -0.3 is 19.6 Å². The summed E-state index contributed by atoms with van der Waals surface area (Å²) in [5, 5.41) is 21.3. The number of nitro benzene ring substituents is 1. The zero-order valence-electron chi connectivity index (χ0n) is 22.6. The van der Waals surface area contributed by atoms with Crippen molar-refractivity contribution < 1.29 is 46.9 Å². The normalized spacial score (nSPS) is 17.5. The van der Waals surface area contributed by atoms with E-state index in [2.05, 4.69) is 0 Å². The first-order chi connectivity index (χ1) is 19.2. The average molecular weight is 616 g/mol. The fraction of sp³-hybridized carbons (Fsp3) is 0.480. The second-order valence-electron chi connectivity index (χ2n) is 10.1. The maximum Gasteiger partial charge on any atom is 0.469 e. The lowest BCUT2D eigenvalue weighted by Crippen LogP contribution is -2.56. The maximum atomic E-state index is 13.7. The first-order valence-electron chi connectivity index (χ1n) is 12.8. The number of hydrogen-bond acceptors (Lipinski definition) is 8. The first kappa shape index (κ1) is 32.6. The van der Waals surface area contributed by atoms with Gasteiger partial charge in [0.25, 0.3) is 5.69 Å². The van der Waals surface area contributed by atoms with Crippen molar-refractivity contribution in [2.24, 2.45) is 5.92 Å². The second kappa shape index (κ2) is 13.8. The van der Waals surface area contributed by atoms with E-state index in [-0.39, 0.29) is 42.7 Å². The molecule has 41 heavy (non-hydrogen) atoms. The minimum atomic E-state index is -5.26. The number of nitrogens with zero attached hydrogens (tertiary/aromatic N) is 3. The first-order valence-corrected chi connectivity index (χ1v) is 15.8. The van der Waals surface area contributed by atoms with Crippen LogP contribution in [0.5, 0.6) is 0 Å². The monoisotopic (exact) mass is 615 g/mol. The Kier molecular flexibility index (Phi) is 11.0. The van der Waals surface area contributed by atoms with E-state index in [1.165, 1.54) is 0 Å². The Morgan fingerprint density at radius 3 is 2.27 bits per heavy atom. The van der Waals surface area contributed by atoms with Crippen LogP contribution < -0.4 is 0 Å². The Morgan fingerprint density at radius 1 is 1.15 bits per heavy atom. The Balaban J connectivity index is 2.10. The molecule has 2 aromatic rings. The molecule has 0 bridgehead atoms. The van der Waals surface area contributed by atoms with Crippen LogP contribution in [0.1, 0.15) is 25.8 Å². The summed E-state index contributed by atoms with van der Waals surface area (Å²) in [6.07, 6.45) is -2.70. The van der Waals surface area contributed by atoms with Crippen molar-refractivity contribution >= 4 is 29.6 Å². The van der Waals surface area contributed by atoms with E-state index in [0.29, 0.717) is 12.0 Å². The summed E-state index contributed by atoms with van der Waals surface area (Å²) >= 11 is 0. The van der Waals surface area contributed by atoms with Crippen LogP contribution in [0.25, 0.3) is 0 Å². The molecule has 1 heterocycles. The Hall–Kier alpha value is -2.91. The molecule has 3 atom stereocenters. The fourth-order valence-electron chi connectivity index (χ4n) is 4.74. The number of carboxylic acid groups (broad SMARTS) is 1. The number of sulfonamides is 1. The SMILES string of the molecule is CC(C)CN(C[C@@H](OP(=O)(O)O)[C@H](Cc1ccccc1)N(C(=O)O)[C@H]1CCOC1)S(=O)(=O)c1ccc([N+](=O)[O-])cc1. The smallest absolute Gasteiger partial charge is 0.465 e. The Morgan fingerprint density at radius 2 is 1.78 bits per heavy atom. The largest absolute Gasteiger partial charge is 0.469 e. The highest BCUT2D eigenvalue weighted by atomic mass is 32.2. The van der Waals surface area contributed by atoms with Crippen molar-refractivity contribution in [3.8, 4) is 0 Å². The minimum Gasteiger partial charge on any atom is -0.465 e. The molecule has 2 aromatic carbocycles. The van der Waals surface area contributed by atoms with E-state index in [1.54, 1.807) is 44.2 Å². The summed E-state index contributed by atoms with van der Waals surface area (Å²) in [4.78, 5) is 43.4. The summed E-state index contributed by atoms with van der Waals surface area (Å²) in [7, 11) is -9.63. The van der Waals surface area contributed by atoms with Gasteiger partial charge in [-0.1, -0.05) is 44.2 Å². The molecule has 0 radical (unpaired) electrons. The molecule has 0 aliphatic carbocycles. The molecule has 0 spiro atoms. The van der Waals surface area contributed by atoms with Gasteiger partial charge in [-0.25, -0.2) is 17.8 Å². The molecule has 0 aromatic heterocycles. The summed E-state index contributed by atoms with van der Waals surface area (Å²) in [6, 6.07) is 11.0. The van der Waals surface area contributed by atoms with Crippen LogP contribution in [0.4, 0.5) is 10.5 Å². The quantitative estimate of drug-likeness (QED) is 0.160. The van der Waals surface area contributed by atoms with Crippen LogP contribution in [0.15, 0.2) is 59.5 Å². The second-order valence-corrected chi connectivity index (χ2v) is 13.2. The topological polar surface area (TPSA) is 197 Å². The maximum absolute atomic E-state index is 13.7. The van der Waals surface area contributed by atoms with Gasteiger partial charge >= 0.3 is 13.9 Å². The molecule has 1 amide bonds. The van der Waals surface area contributed by atoms with Crippen LogP contribution in [0.2, 0.25) is 0 Å². The summed E-state index contributed by atoms with van der Waals surface area (Å²) in [5.41, 5.74) is 0.316. The highest BCUT2D eigenvalue weighted by Crippen LogP contribution is 2.40. The van der Waals surface area contributed by atoms with Crippen LogP contribution in [0, 0.1) is 16.0 Å². The molecule has 0 unspecified atom stereocenters. The Labute approximate surface area is 237 Å². The third-order valence-corrected chi connectivity index (χ3v) is 8.90. The predicted octanol–water partition coefficient (Wildman–Crippen LogP) is 3.10. The fourth-order valence-corrected chi connectivity index (χ4v) is 6.92. The number of benzene rings is 2.